The Kier molecular flexibility index (Phi) is 3.96. The van der Waals surface area contributed by atoms with Gasteiger partial charge in [-0.1, -0.05) is 0 Å². The summed E-state index contributed by atoms with van der Waals surface area (Å²) in [7, 11) is -3.73. The van der Waals surface area contributed by atoms with E-state index in [0.717, 1.165) is 30.9 Å². The highest BCUT2D eigenvalue weighted by Gasteiger charge is 2.35. The number of aryl methyl sites for hydroxylation is 1. The Morgan fingerprint density at radius 3 is 2.91 bits per heavy atom. The van der Waals surface area contributed by atoms with Gasteiger partial charge >= 0.3 is 0 Å². The van der Waals surface area contributed by atoms with Gasteiger partial charge in [0.25, 0.3) is 0 Å². The van der Waals surface area contributed by atoms with E-state index in [-0.39, 0.29) is 10.9 Å². The third-order valence-corrected chi connectivity index (χ3v) is 5.86. The smallest absolute Gasteiger partial charge is 0.245 e. The molecule has 1 aliphatic heterocycles. The van der Waals surface area contributed by atoms with Crippen LogP contribution < -0.4 is 0 Å². The zero-order chi connectivity index (χ0) is 15.7. The molecule has 1 fully saturated rings. The SMILES string of the molecule is Cc1nccn1C[C@@H]1CCCN1S(=O)(=O)c1cncc(F)c1. The van der Waals surface area contributed by atoms with Crippen molar-refractivity contribution < 1.29 is 12.8 Å². The zero-order valence-corrected chi connectivity index (χ0v) is 13.0. The number of imidazole rings is 1. The molecule has 2 aromatic heterocycles. The first-order valence-corrected chi connectivity index (χ1v) is 8.52. The number of pyridine rings is 1. The Balaban J connectivity index is 1.87. The molecule has 1 atom stereocenters. The first-order chi connectivity index (χ1) is 10.5. The molecule has 0 aromatic carbocycles. The molecule has 22 heavy (non-hydrogen) atoms. The quantitative estimate of drug-likeness (QED) is 0.856. The molecule has 6 nitrogen and oxygen atoms in total. The molecule has 3 heterocycles. The number of rotatable bonds is 4. The Bertz CT molecular complexity index is 775. The van der Waals surface area contributed by atoms with Crippen molar-refractivity contribution in [1.29, 1.82) is 0 Å². The van der Waals surface area contributed by atoms with Crippen molar-refractivity contribution in [2.45, 2.75) is 37.2 Å². The summed E-state index contributed by atoms with van der Waals surface area (Å²) in [6.07, 6.45) is 7.29. The highest BCUT2D eigenvalue weighted by atomic mass is 32.2. The number of hydrogen-bond donors (Lipinski definition) is 0. The minimum absolute atomic E-state index is 0.0956. The number of nitrogens with zero attached hydrogens (tertiary/aromatic N) is 4. The molecule has 0 N–H and O–H groups in total. The number of halogens is 1. The monoisotopic (exact) mass is 324 g/mol. The van der Waals surface area contributed by atoms with E-state index in [4.69, 9.17) is 0 Å². The zero-order valence-electron chi connectivity index (χ0n) is 12.2. The fraction of sp³-hybridized carbons (Fsp3) is 0.429. The summed E-state index contributed by atoms with van der Waals surface area (Å²) in [6, 6.07) is 0.862. The fourth-order valence-electron chi connectivity index (χ4n) is 2.80. The van der Waals surface area contributed by atoms with Gasteiger partial charge in [-0.05, 0) is 25.8 Å². The number of aromatic nitrogens is 3. The lowest BCUT2D eigenvalue weighted by molar-refractivity contribution is 0.349. The number of hydrogen-bond acceptors (Lipinski definition) is 4. The summed E-state index contributed by atoms with van der Waals surface area (Å²) in [4.78, 5) is 7.70. The van der Waals surface area contributed by atoms with E-state index >= 15 is 0 Å². The van der Waals surface area contributed by atoms with Crippen molar-refractivity contribution in [2.24, 2.45) is 0 Å². The lowest BCUT2D eigenvalue weighted by atomic mass is 10.2. The molecule has 8 heteroatoms. The van der Waals surface area contributed by atoms with Crippen LogP contribution in [0.15, 0.2) is 35.7 Å². The second-order valence-electron chi connectivity index (χ2n) is 5.38. The molecular weight excluding hydrogens is 307 g/mol. The van der Waals surface area contributed by atoms with Gasteiger partial charge in [0.15, 0.2) is 0 Å². The van der Waals surface area contributed by atoms with Crippen LogP contribution >= 0.6 is 0 Å². The van der Waals surface area contributed by atoms with Gasteiger partial charge < -0.3 is 4.57 Å². The molecule has 0 aliphatic carbocycles. The molecule has 0 radical (unpaired) electrons. The summed E-state index contributed by atoms with van der Waals surface area (Å²) in [5.74, 6) is 0.193. The van der Waals surface area contributed by atoms with Crippen molar-refractivity contribution in [2.75, 3.05) is 6.54 Å². The van der Waals surface area contributed by atoms with Crippen LogP contribution in [0.3, 0.4) is 0 Å². The normalized spacial score (nSPS) is 19.6. The lowest BCUT2D eigenvalue weighted by Gasteiger charge is -2.24. The van der Waals surface area contributed by atoms with Crippen LogP contribution in [0.2, 0.25) is 0 Å². The Morgan fingerprint density at radius 2 is 2.23 bits per heavy atom. The van der Waals surface area contributed by atoms with Crippen LogP contribution in [0, 0.1) is 12.7 Å². The predicted molar refractivity (Wildman–Crippen MR) is 78.1 cm³/mol. The maximum Gasteiger partial charge on any atom is 0.245 e. The van der Waals surface area contributed by atoms with Crippen LogP contribution in [0.4, 0.5) is 4.39 Å². The van der Waals surface area contributed by atoms with E-state index < -0.39 is 15.8 Å². The summed E-state index contributed by atoms with van der Waals surface area (Å²) < 4.78 is 42.1. The Hall–Kier alpha value is -1.80. The van der Waals surface area contributed by atoms with E-state index in [9.17, 15) is 12.8 Å². The van der Waals surface area contributed by atoms with Crippen molar-refractivity contribution >= 4 is 10.0 Å². The molecule has 0 amide bonds. The van der Waals surface area contributed by atoms with Gasteiger partial charge in [0.2, 0.25) is 10.0 Å². The molecule has 0 bridgehead atoms. The molecule has 0 unspecified atom stereocenters. The average molecular weight is 324 g/mol. The Labute approximate surface area is 128 Å². The van der Waals surface area contributed by atoms with E-state index in [0.29, 0.717) is 13.1 Å². The van der Waals surface area contributed by atoms with Crippen LogP contribution in [0.1, 0.15) is 18.7 Å². The highest BCUT2D eigenvalue weighted by Crippen LogP contribution is 2.27. The predicted octanol–water partition coefficient (Wildman–Crippen LogP) is 1.58. The second kappa shape index (κ2) is 5.77. The first kappa shape index (κ1) is 15.1. The molecule has 1 saturated heterocycles. The summed E-state index contributed by atoms with van der Waals surface area (Å²) in [5.41, 5.74) is 0. The third-order valence-electron chi connectivity index (χ3n) is 3.94. The second-order valence-corrected chi connectivity index (χ2v) is 7.27. The van der Waals surface area contributed by atoms with Crippen LogP contribution in [-0.4, -0.2) is 39.8 Å². The average Bonchev–Trinajstić information content (AvgIpc) is 3.10. The number of sulfonamides is 1. The lowest BCUT2D eigenvalue weighted by Crippen LogP contribution is -2.38. The summed E-state index contributed by atoms with van der Waals surface area (Å²) in [6.45, 7) is 2.87. The van der Waals surface area contributed by atoms with E-state index in [1.54, 1.807) is 6.20 Å². The highest BCUT2D eigenvalue weighted by molar-refractivity contribution is 7.89. The minimum atomic E-state index is -3.73. The van der Waals surface area contributed by atoms with Gasteiger partial charge in [-0.15, -0.1) is 0 Å². The van der Waals surface area contributed by atoms with Crippen LogP contribution in [0.5, 0.6) is 0 Å². The molecule has 2 aromatic rings. The third kappa shape index (κ3) is 2.76. The van der Waals surface area contributed by atoms with Crippen molar-refractivity contribution in [3.8, 4) is 0 Å². The van der Waals surface area contributed by atoms with Gasteiger partial charge in [0.05, 0.1) is 6.20 Å². The van der Waals surface area contributed by atoms with Gasteiger partial charge in [-0.2, -0.15) is 4.31 Å². The topological polar surface area (TPSA) is 68.1 Å². The molecule has 0 spiro atoms. The molecule has 3 rings (SSSR count). The molecule has 0 saturated carbocycles. The van der Waals surface area contributed by atoms with Gasteiger partial charge in [0.1, 0.15) is 16.5 Å². The minimum Gasteiger partial charge on any atom is -0.334 e. The van der Waals surface area contributed by atoms with Gasteiger partial charge in [-0.25, -0.2) is 17.8 Å². The van der Waals surface area contributed by atoms with Gasteiger partial charge in [0, 0.05) is 37.7 Å². The molecular formula is C14H17FN4O2S. The maximum absolute atomic E-state index is 13.3. The van der Waals surface area contributed by atoms with Gasteiger partial charge in [-0.3, -0.25) is 4.98 Å². The first-order valence-electron chi connectivity index (χ1n) is 7.08. The van der Waals surface area contributed by atoms with E-state index in [2.05, 4.69) is 9.97 Å². The van der Waals surface area contributed by atoms with Crippen LogP contribution in [-0.2, 0) is 16.6 Å². The van der Waals surface area contributed by atoms with Crippen molar-refractivity contribution in [3.05, 3.63) is 42.5 Å². The molecule has 1 aliphatic rings. The largest absolute Gasteiger partial charge is 0.334 e. The summed E-state index contributed by atoms with van der Waals surface area (Å²) in [5, 5.41) is 0. The van der Waals surface area contributed by atoms with E-state index in [1.807, 2.05) is 17.7 Å². The van der Waals surface area contributed by atoms with Crippen molar-refractivity contribution in [3.63, 3.8) is 0 Å². The van der Waals surface area contributed by atoms with E-state index in [1.165, 1.54) is 10.5 Å². The van der Waals surface area contributed by atoms with Crippen LogP contribution in [0.25, 0.3) is 0 Å². The summed E-state index contributed by atoms with van der Waals surface area (Å²) >= 11 is 0. The molecule has 118 valence electrons. The fourth-order valence-corrected chi connectivity index (χ4v) is 4.46. The standard InChI is InChI=1S/C14H17FN4O2S/c1-11-17-4-6-18(11)10-13-3-2-5-19(13)22(20,21)14-7-12(15)8-16-9-14/h4,6-9,13H,2-3,5,10H2,1H3/t13-/m0/s1. The van der Waals surface area contributed by atoms with Crippen molar-refractivity contribution in [1.82, 2.24) is 18.8 Å². The maximum atomic E-state index is 13.3. The Morgan fingerprint density at radius 1 is 1.41 bits per heavy atom.